The Labute approximate surface area is 302 Å². The number of alkyl halides is 3. The zero-order valence-corrected chi connectivity index (χ0v) is 29.5. The smallest absolute Gasteiger partial charge is 0.416 e. The van der Waals surface area contributed by atoms with Gasteiger partial charge in [-0.2, -0.15) is 22.7 Å². The maximum absolute atomic E-state index is 14.3. The molecular weight excluding hydrogens is 725 g/mol. The van der Waals surface area contributed by atoms with E-state index in [2.05, 4.69) is 25.7 Å². The molecule has 1 fully saturated rings. The van der Waals surface area contributed by atoms with Crippen LogP contribution in [-0.2, 0) is 36.9 Å². The molecule has 4 aromatic heterocycles. The Kier molecular flexibility index (Phi) is 9.39. The summed E-state index contributed by atoms with van der Waals surface area (Å²) in [5, 5.41) is 20.7. The largest absolute Gasteiger partial charge is 0.504 e. The van der Waals surface area contributed by atoms with E-state index in [0.717, 1.165) is 41.6 Å². The van der Waals surface area contributed by atoms with E-state index in [9.17, 15) is 32.7 Å². The predicted molar refractivity (Wildman–Crippen MR) is 187 cm³/mol. The fourth-order valence-electron chi connectivity index (χ4n) is 6.43. The summed E-state index contributed by atoms with van der Waals surface area (Å²) in [7, 11) is 0. The minimum Gasteiger partial charge on any atom is -0.504 e. The van der Waals surface area contributed by atoms with Crippen LogP contribution < -0.4 is 21.1 Å². The highest BCUT2D eigenvalue weighted by Gasteiger charge is 2.32. The first kappa shape index (κ1) is 35.3. The lowest BCUT2D eigenvalue weighted by Crippen LogP contribution is -2.51. The molecular formula is C33H32ClF3N10O4S. The van der Waals surface area contributed by atoms with E-state index in [1.165, 1.54) is 20.6 Å². The highest BCUT2D eigenvalue weighted by atomic mass is 35.5. The molecule has 0 bridgehead atoms. The van der Waals surface area contributed by atoms with Gasteiger partial charge < -0.3 is 30.1 Å². The van der Waals surface area contributed by atoms with Crippen molar-refractivity contribution in [2.24, 2.45) is 0 Å². The summed E-state index contributed by atoms with van der Waals surface area (Å²) < 4.78 is 42.4. The van der Waals surface area contributed by atoms with Gasteiger partial charge in [0.15, 0.2) is 17.3 Å². The first-order valence-electron chi connectivity index (χ1n) is 16.4. The van der Waals surface area contributed by atoms with Crippen LogP contribution in [0.5, 0.6) is 5.75 Å². The molecule has 1 saturated heterocycles. The Balaban J connectivity index is 1.25. The summed E-state index contributed by atoms with van der Waals surface area (Å²) >= 11 is 7.68. The number of amides is 2. The third kappa shape index (κ3) is 6.56. The third-order valence-electron chi connectivity index (χ3n) is 9.08. The van der Waals surface area contributed by atoms with Crippen molar-refractivity contribution in [2.45, 2.75) is 46.0 Å². The van der Waals surface area contributed by atoms with Crippen molar-refractivity contribution in [1.29, 1.82) is 0 Å². The zero-order chi connectivity index (χ0) is 36.9. The average molecular weight is 757 g/mol. The summed E-state index contributed by atoms with van der Waals surface area (Å²) in [4.78, 5) is 59.1. The van der Waals surface area contributed by atoms with E-state index < -0.39 is 29.1 Å². The molecule has 0 unspecified atom stereocenters. The fourth-order valence-corrected chi connectivity index (χ4v) is 7.77. The van der Waals surface area contributed by atoms with Crippen LogP contribution in [0, 0.1) is 6.92 Å². The molecule has 0 aliphatic carbocycles. The Morgan fingerprint density at radius 1 is 1.13 bits per heavy atom. The van der Waals surface area contributed by atoms with Gasteiger partial charge in [-0.1, -0.05) is 18.5 Å². The summed E-state index contributed by atoms with van der Waals surface area (Å²) in [6.07, 6.45) is -2.26. The topological polar surface area (TPSA) is 163 Å². The van der Waals surface area contributed by atoms with Crippen molar-refractivity contribution >= 4 is 51.9 Å². The van der Waals surface area contributed by atoms with Crippen LogP contribution in [0.15, 0.2) is 35.4 Å². The lowest BCUT2D eigenvalue weighted by molar-refractivity contribution is -0.137. The van der Waals surface area contributed by atoms with E-state index in [1.807, 2.05) is 17.9 Å². The quantitative estimate of drug-likeness (QED) is 0.222. The molecule has 0 radical (unpaired) electrons. The monoisotopic (exact) mass is 756 g/mol. The second-order valence-corrected chi connectivity index (χ2v) is 13.9. The van der Waals surface area contributed by atoms with Crippen LogP contribution in [0.2, 0.25) is 5.02 Å². The molecule has 6 heterocycles. The van der Waals surface area contributed by atoms with Crippen LogP contribution in [0.25, 0.3) is 16.5 Å². The fraction of sp³-hybridized carbons (Fsp3) is 0.364. The molecule has 3 N–H and O–H groups in total. The van der Waals surface area contributed by atoms with Crippen LogP contribution in [-0.4, -0.2) is 83.7 Å². The number of hydrogen-bond donors (Lipinski definition) is 3. The van der Waals surface area contributed by atoms with E-state index in [-0.39, 0.29) is 72.0 Å². The number of hydrogen-bond acceptors (Lipinski definition) is 11. The molecule has 2 aliphatic rings. The van der Waals surface area contributed by atoms with Crippen molar-refractivity contribution in [3.8, 4) is 16.5 Å². The maximum atomic E-state index is 14.3. The zero-order valence-electron chi connectivity index (χ0n) is 27.9. The van der Waals surface area contributed by atoms with Gasteiger partial charge in [0.25, 0.3) is 11.5 Å². The van der Waals surface area contributed by atoms with Gasteiger partial charge in [-0.25, -0.2) is 9.97 Å². The number of carbonyl (C=O) groups is 2. The van der Waals surface area contributed by atoms with Crippen LogP contribution in [0.1, 0.15) is 44.8 Å². The van der Waals surface area contributed by atoms with Gasteiger partial charge in [0.05, 0.1) is 32.5 Å². The van der Waals surface area contributed by atoms with Gasteiger partial charge in [-0.3, -0.25) is 14.4 Å². The molecule has 5 aromatic rings. The van der Waals surface area contributed by atoms with E-state index in [1.54, 1.807) is 22.8 Å². The minimum absolute atomic E-state index is 0.0133. The van der Waals surface area contributed by atoms with Gasteiger partial charge in [-0.05, 0) is 49.6 Å². The van der Waals surface area contributed by atoms with Crippen LogP contribution >= 0.6 is 22.9 Å². The molecule has 1 aromatic carbocycles. The molecule has 2 aliphatic heterocycles. The number of anilines is 2. The number of benzene rings is 1. The number of thiophene rings is 1. The van der Waals surface area contributed by atoms with Crippen molar-refractivity contribution in [2.75, 3.05) is 42.9 Å². The van der Waals surface area contributed by atoms with Crippen LogP contribution in [0.3, 0.4) is 0 Å². The highest BCUT2D eigenvalue weighted by Crippen LogP contribution is 2.35. The van der Waals surface area contributed by atoms with Crippen molar-refractivity contribution in [1.82, 2.24) is 39.3 Å². The summed E-state index contributed by atoms with van der Waals surface area (Å²) in [6, 6.07) is 4.64. The van der Waals surface area contributed by atoms with E-state index in [0.29, 0.717) is 24.5 Å². The van der Waals surface area contributed by atoms with Gasteiger partial charge in [0.2, 0.25) is 11.7 Å². The van der Waals surface area contributed by atoms with Gasteiger partial charge >= 0.3 is 6.18 Å². The molecule has 19 heteroatoms. The molecule has 272 valence electrons. The number of rotatable bonds is 7. The van der Waals surface area contributed by atoms with Gasteiger partial charge in [0, 0.05) is 44.1 Å². The summed E-state index contributed by atoms with van der Waals surface area (Å²) in [5.74, 6) is -0.963. The summed E-state index contributed by atoms with van der Waals surface area (Å²) in [5.41, 5.74) is 0.608. The molecule has 2 amide bonds. The number of aromatic hydroxyl groups is 1. The van der Waals surface area contributed by atoms with E-state index >= 15 is 0 Å². The number of fused-ring (bicyclic) bond motifs is 2. The number of halogens is 4. The average Bonchev–Trinajstić information content (AvgIpc) is 3.76. The second-order valence-electron chi connectivity index (χ2n) is 12.3. The molecule has 52 heavy (non-hydrogen) atoms. The first-order valence-corrected chi connectivity index (χ1v) is 17.6. The number of nitrogens with zero attached hydrogens (tertiary/aromatic N) is 8. The lowest BCUT2D eigenvalue weighted by atomic mass is 10.1. The molecule has 0 spiro atoms. The Hall–Kier alpha value is -5.07. The van der Waals surface area contributed by atoms with E-state index in [4.69, 9.17) is 16.6 Å². The van der Waals surface area contributed by atoms with Gasteiger partial charge in [-0.15, -0.1) is 16.4 Å². The molecule has 14 nitrogen and oxygen atoms in total. The standard InChI is InChI=1S/C33H32ClF3N10O4S/c1-3-22-27(44-8-10-45(11-9-44)30(50)26-28(49)17(2)39-16-40-26)31(51)47-32(42-29(43-47)24-12-18-14-38-7-6-23(18)52-24)46(22)15-25(48)41-21-5-4-19(13-20(21)34)33(35,36)37/h4-5,12-13,16,38,49H,3,6-11,14-15H2,1-2H3,(H,41,48). The van der Waals surface area contributed by atoms with Crippen molar-refractivity contribution < 1.29 is 27.9 Å². The number of nitrogens with one attached hydrogen (secondary N) is 2. The molecule has 7 rings (SSSR count). The number of carbonyl (C=O) groups excluding carboxylic acids is 2. The Morgan fingerprint density at radius 3 is 2.60 bits per heavy atom. The normalized spacial score (nSPS) is 14.9. The maximum Gasteiger partial charge on any atom is 0.416 e. The first-order chi connectivity index (χ1) is 24.8. The van der Waals surface area contributed by atoms with Crippen molar-refractivity contribution in [3.05, 3.63) is 79.1 Å². The van der Waals surface area contributed by atoms with Crippen LogP contribution in [0.4, 0.5) is 24.5 Å². The number of aromatic nitrogens is 6. The number of piperazine rings is 1. The predicted octanol–water partition coefficient (Wildman–Crippen LogP) is 3.90. The highest BCUT2D eigenvalue weighted by molar-refractivity contribution is 7.15. The molecule has 0 saturated carbocycles. The molecule has 0 atom stereocenters. The Bertz CT molecular complexity index is 2260. The minimum atomic E-state index is -4.61. The third-order valence-corrected chi connectivity index (χ3v) is 10.6. The van der Waals surface area contributed by atoms with Crippen molar-refractivity contribution in [3.63, 3.8) is 0 Å². The SMILES string of the molecule is CCc1c(N2CCN(C(=O)c3ncnc(C)c3O)CC2)c(=O)n2nc(-c3cc4c(s3)CCNC4)nc2n1CC(=O)Nc1ccc(C(F)(F)F)cc1Cl. The number of aryl methyl sites for hydroxylation is 1. The summed E-state index contributed by atoms with van der Waals surface area (Å²) in [6.45, 7) is 5.45. The lowest BCUT2D eigenvalue weighted by Gasteiger charge is -2.36. The second kappa shape index (κ2) is 13.8. The van der Waals surface area contributed by atoms with Gasteiger partial charge in [0.1, 0.15) is 18.6 Å². The Morgan fingerprint density at radius 2 is 1.90 bits per heavy atom.